The first-order chi connectivity index (χ1) is 9.16. The minimum Gasteiger partial charge on any atom is -0.302 e. The van der Waals surface area contributed by atoms with Gasteiger partial charge < -0.3 is 5.32 Å². The summed E-state index contributed by atoms with van der Waals surface area (Å²) in [7, 11) is 0. The highest BCUT2D eigenvalue weighted by Crippen LogP contribution is 2.17. The first-order valence-corrected chi connectivity index (χ1v) is 5.90. The summed E-state index contributed by atoms with van der Waals surface area (Å²) in [5.41, 5.74) is 0.635. The molecule has 0 fully saturated rings. The van der Waals surface area contributed by atoms with E-state index in [0.717, 1.165) is 0 Å². The maximum absolute atomic E-state index is 12.4. The van der Waals surface area contributed by atoms with Gasteiger partial charge in [0.25, 0.3) is 6.43 Å². The largest absolute Gasteiger partial charge is 0.302 e. The number of rotatable bonds is 5. The topological polar surface area (TPSA) is 50.7 Å². The number of hydrogen-bond donors (Lipinski definition) is 1. The molecule has 6 heteroatoms. The molecule has 0 amide bonds. The van der Waals surface area contributed by atoms with Gasteiger partial charge in [0.2, 0.25) is 0 Å². The van der Waals surface area contributed by atoms with Gasteiger partial charge >= 0.3 is 0 Å². The molecule has 1 atom stereocenters. The summed E-state index contributed by atoms with van der Waals surface area (Å²) in [6.45, 7) is 2.41. The van der Waals surface area contributed by atoms with E-state index in [1.807, 2.05) is 6.92 Å². The Morgan fingerprint density at radius 2 is 1.89 bits per heavy atom. The smallest absolute Gasteiger partial charge is 0.265 e. The average molecular weight is 264 g/mol. The fraction of sp³-hybridized carbons (Fsp3) is 0.308. The molecule has 0 saturated heterocycles. The fourth-order valence-electron chi connectivity index (χ4n) is 1.55. The van der Waals surface area contributed by atoms with Crippen LogP contribution in [0.25, 0.3) is 0 Å². The molecular formula is C13H14F2N4. The van der Waals surface area contributed by atoms with Gasteiger partial charge in [0, 0.05) is 30.7 Å². The Bertz CT molecular complexity index is 502. The molecule has 0 aliphatic heterocycles. The zero-order valence-corrected chi connectivity index (χ0v) is 10.4. The number of nitrogens with zero attached hydrogens (tertiary/aromatic N) is 3. The Hall–Kier alpha value is -1.95. The van der Waals surface area contributed by atoms with Crippen molar-refractivity contribution >= 4 is 0 Å². The van der Waals surface area contributed by atoms with Crippen molar-refractivity contribution < 1.29 is 8.78 Å². The van der Waals surface area contributed by atoms with Crippen LogP contribution in [-0.2, 0) is 6.54 Å². The molecule has 0 bridgehead atoms. The van der Waals surface area contributed by atoms with Gasteiger partial charge in [-0.05, 0) is 25.1 Å². The van der Waals surface area contributed by atoms with Crippen LogP contribution in [0.15, 0.2) is 36.8 Å². The molecule has 2 aromatic rings. The van der Waals surface area contributed by atoms with Gasteiger partial charge in [0.1, 0.15) is 5.82 Å². The molecule has 1 N–H and O–H groups in total. The Morgan fingerprint density at radius 1 is 1.16 bits per heavy atom. The lowest BCUT2D eigenvalue weighted by Crippen LogP contribution is -2.20. The van der Waals surface area contributed by atoms with Gasteiger partial charge in [-0.1, -0.05) is 0 Å². The SMILES string of the molecule is CC(NCc1ccc(C(F)F)cn1)c1ncccn1. The van der Waals surface area contributed by atoms with Gasteiger partial charge in [0.15, 0.2) is 0 Å². The van der Waals surface area contributed by atoms with Crippen LogP contribution in [0.1, 0.15) is 36.5 Å². The molecule has 0 saturated carbocycles. The van der Waals surface area contributed by atoms with Crippen LogP contribution in [0.4, 0.5) is 8.78 Å². The maximum atomic E-state index is 12.4. The molecule has 2 aromatic heterocycles. The molecule has 1 unspecified atom stereocenters. The van der Waals surface area contributed by atoms with E-state index in [4.69, 9.17) is 0 Å². The molecule has 0 aliphatic rings. The van der Waals surface area contributed by atoms with Crippen molar-refractivity contribution in [3.63, 3.8) is 0 Å². The van der Waals surface area contributed by atoms with Crippen LogP contribution >= 0.6 is 0 Å². The second-order valence-corrected chi connectivity index (χ2v) is 4.09. The molecular weight excluding hydrogens is 250 g/mol. The van der Waals surface area contributed by atoms with E-state index in [1.165, 1.54) is 12.3 Å². The summed E-state index contributed by atoms with van der Waals surface area (Å²) >= 11 is 0. The first kappa shape index (κ1) is 13.5. The lowest BCUT2D eigenvalue weighted by Gasteiger charge is -2.11. The Balaban J connectivity index is 1.92. The number of pyridine rings is 1. The normalized spacial score (nSPS) is 12.6. The Kier molecular flexibility index (Phi) is 4.46. The van der Waals surface area contributed by atoms with Crippen LogP contribution in [0.3, 0.4) is 0 Å². The predicted molar refractivity (Wildman–Crippen MR) is 66.5 cm³/mol. The predicted octanol–water partition coefficient (Wildman–Crippen LogP) is 2.66. The average Bonchev–Trinajstić information content (AvgIpc) is 2.46. The molecule has 2 rings (SSSR count). The molecule has 2 heterocycles. The van der Waals surface area contributed by atoms with E-state index in [-0.39, 0.29) is 11.6 Å². The second kappa shape index (κ2) is 6.29. The molecule has 0 aliphatic carbocycles. The van der Waals surface area contributed by atoms with Gasteiger partial charge in [-0.15, -0.1) is 0 Å². The Morgan fingerprint density at radius 3 is 2.47 bits per heavy atom. The lowest BCUT2D eigenvalue weighted by molar-refractivity contribution is 0.151. The number of alkyl halides is 2. The third kappa shape index (κ3) is 3.75. The summed E-state index contributed by atoms with van der Waals surface area (Å²) in [4.78, 5) is 12.3. The van der Waals surface area contributed by atoms with Gasteiger partial charge in [-0.2, -0.15) is 0 Å². The van der Waals surface area contributed by atoms with Gasteiger partial charge in [-0.25, -0.2) is 18.7 Å². The van der Waals surface area contributed by atoms with Crippen LogP contribution in [0.5, 0.6) is 0 Å². The second-order valence-electron chi connectivity index (χ2n) is 4.09. The summed E-state index contributed by atoms with van der Waals surface area (Å²) in [5.74, 6) is 0.687. The highest BCUT2D eigenvalue weighted by atomic mass is 19.3. The van der Waals surface area contributed by atoms with Gasteiger partial charge in [-0.3, -0.25) is 4.98 Å². The van der Waals surface area contributed by atoms with E-state index in [1.54, 1.807) is 24.5 Å². The van der Waals surface area contributed by atoms with E-state index in [0.29, 0.717) is 18.1 Å². The summed E-state index contributed by atoms with van der Waals surface area (Å²) in [6.07, 6.45) is 2.07. The molecule has 0 aromatic carbocycles. The van der Waals surface area contributed by atoms with Crippen LogP contribution in [-0.4, -0.2) is 15.0 Å². The number of halogens is 2. The highest BCUT2D eigenvalue weighted by molar-refractivity contribution is 5.15. The summed E-state index contributed by atoms with van der Waals surface area (Å²) in [5, 5.41) is 3.19. The van der Waals surface area contributed by atoms with E-state index < -0.39 is 6.43 Å². The van der Waals surface area contributed by atoms with Crippen molar-refractivity contribution in [1.82, 2.24) is 20.3 Å². The lowest BCUT2D eigenvalue weighted by atomic mass is 10.2. The first-order valence-electron chi connectivity index (χ1n) is 5.90. The van der Waals surface area contributed by atoms with Crippen LogP contribution < -0.4 is 5.32 Å². The van der Waals surface area contributed by atoms with Crippen molar-refractivity contribution in [2.45, 2.75) is 25.9 Å². The molecule has 0 spiro atoms. The van der Waals surface area contributed by atoms with Crippen molar-refractivity contribution in [2.24, 2.45) is 0 Å². The monoisotopic (exact) mass is 264 g/mol. The Labute approximate surface area is 109 Å². The summed E-state index contributed by atoms with van der Waals surface area (Å²) in [6, 6.07) is 4.70. The number of aromatic nitrogens is 3. The minimum absolute atomic E-state index is 0.0298. The molecule has 0 radical (unpaired) electrons. The minimum atomic E-state index is -2.48. The van der Waals surface area contributed by atoms with Crippen LogP contribution in [0.2, 0.25) is 0 Å². The van der Waals surface area contributed by atoms with Crippen molar-refractivity contribution in [3.05, 3.63) is 53.9 Å². The van der Waals surface area contributed by atoms with E-state index in [9.17, 15) is 8.78 Å². The zero-order chi connectivity index (χ0) is 13.7. The molecule has 4 nitrogen and oxygen atoms in total. The summed E-state index contributed by atoms with van der Waals surface area (Å²) < 4.78 is 24.7. The quantitative estimate of drug-likeness (QED) is 0.902. The number of nitrogens with one attached hydrogen (secondary N) is 1. The van der Waals surface area contributed by atoms with E-state index in [2.05, 4.69) is 20.3 Å². The van der Waals surface area contributed by atoms with Crippen molar-refractivity contribution in [3.8, 4) is 0 Å². The fourth-order valence-corrected chi connectivity index (χ4v) is 1.55. The van der Waals surface area contributed by atoms with E-state index >= 15 is 0 Å². The van der Waals surface area contributed by atoms with Gasteiger partial charge in [0.05, 0.1) is 11.7 Å². The number of hydrogen-bond acceptors (Lipinski definition) is 4. The maximum Gasteiger partial charge on any atom is 0.265 e. The third-order valence-corrected chi connectivity index (χ3v) is 2.66. The zero-order valence-electron chi connectivity index (χ0n) is 10.4. The standard InChI is InChI=1S/C13H14F2N4/c1-9(13-16-5-2-6-17-13)18-8-11-4-3-10(7-19-11)12(14)15/h2-7,9,12,18H,8H2,1H3. The van der Waals surface area contributed by atoms with Crippen molar-refractivity contribution in [1.29, 1.82) is 0 Å². The molecule has 19 heavy (non-hydrogen) atoms. The highest BCUT2D eigenvalue weighted by Gasteiger charge is 2.09. The third-order valence-electron chi connectivity index (χ3n) is 2.66. The molecule has 100 valence electrons. The van der Waals surface area contributed by atoms with Crippen LogP contribution in [0, 0.1) is 0 Å². The van der Waals surface area contributed by atoms with Crippen molar-refractivity contribution in [2.75, 3.05) is 0 Å².